The number of carbonyl (C=O) groups is 1. The van der Waals surface area contributed by atoms with Crippen molar-refractivity contribution < 1.29 is 4.79 Å². The van der Waals surface area contributed by atoms with Crippen LogP contribution in [0.4, 0.5) is 0 Å². The van der Waals surface area contributed by atoms with Gasteiger partial charge in [0.25, 0.3) is 5.56 Å². The van der Waals surface area contributed by atoms with Crippen molar-refractivity contribution in [2.75, 3.05) is 7.05 Å². The van der Waals surface area contributed by atoms with Gasteiger partial charge in [-0.25, -0.2) is 4.68 Å². The second-order valence-corrected chi connectivity index (χ2v) is 6.19. The van der Waals surface area contributed by atoms with Crippen LogP contribution in [-0.4, -0.2) is 33.7 Å². The number of nitrogens with zero attached hydrogens (tertiary/aromatic N) is 3. The third-order valence-corrected chi connectivity index (χ3v) is 3.65. The molecule has 0 spiro atoms. The Balaban J connectivity index is 2.25. The van der Waals surface area contributed by atoms with Crippen LogP contribution in [0.5, 0.6) is 0 Å². The molecule has 2 heterocycles. The fourth-order valence-electron chi connectivity index (χ4n) is 2.26. The van der Waals surface area contributed by atoms with Gasteiger partial charge in [0, 0.05) is 24.9 Å². The van der Waals surface area contributed by atoms with E-state index in [0.717, 1.165) is 12.1 Å². The fraction of sp³-hybridized carbons (Fsp3) is 0.643. The van der Waals surface area contributed by atoms with Crippen LogP contribution in [-0.2, 0) is 16.8 Å². The van der Waals surface area contributed by atoms with Crippen molar-refractivity contribution in [2.45, 2.75) is 51.6 Å². The molecule has 2 rings (SSSR count). The molecule has 1 fully saturated rings. The molecule has 104 valence electrons. The molecule has 0 saturated carbocycles. The number of aromatic nitrogens is 2. The van der Waals surface area contributed by atoms with E-state index in [9.17, 15) is 9.59 Å². The summed E-state index contributed by atoms with van der Waals surface area (Å²) in [5, 5.41) is 4.43. The topological polar surface area (TPSA) is 55.2 Å². The first-order valence-electron chi connectivity index (χ1n) is 6.63. The maximum atomic E-state index is 11.9. The summed E-state index contributed by atoms with van der Waals surface area (Å²) in [5.74, 6) is 0.144. The third-order valence-electron chi connectivity index (χ3n) is 3.65. The monoisotopic (exact) mass is 263 g/mol. The van der Waals surface area contributed by atoms with Gasteiger partial charge in [0.05, 0.1) is 18.3 Å². The van der Waals surface area contributed by atoms with Crippen molar-refractivity contribution in [1.29, 1.82) is 0 Å². The summed E-state index contributed by atoms with van der Waals surface area (Å²) in [6.07, 6.45) is 1.36. The van der Waals surface area contributed by atoms with E-state index in [0.29, 0.717) is 13.0 Å². The maximum Gasteiger partial charge on any atom is 0.266 e. The van der Waals surface area contributed by atoms with Crippen LogP contribution in [0.1, 0.15) is 39.3 Å². The van der Waals surface area contributed by atoms with Crippen LogP contribution in [0, 0.1) is 0 Å². The van der Waals surface area contributed by atoms with E-state index in [2.05, 4.69) is 25.9 Å². The first kappa shape index (κ1) is 13.8. The predicted octanol–water partition coefficient (Wildman–Crippen LogP) is 1.16. The molecule has 5 heteroatoms. The quantitative estimate of drug-likeness (QED) is 0.804. The average Bonchev–Trinajstić information content (AvgIpc) is 2.62. The van der Waals surface area contributed by atoms with Crippen molar-refractivity contribution in [3.63, 3.8) is 0 Å². The molecule has 1 aromatic rings. The summed E-state index contributed by atoms with van der Waals surface area (Å²) in [6, 6.07) is 3.42. The highest BCUT2D eigenvalue weighted by atomic mass is 16.2. The van der Waals surface area contributed by atoms with E-state index in [1.807, 2.05) is 0 Å². The molecule has 0 bridgehead atoms. The summed E-state index contributed by atoms with van der Waals surface area (Å²) >= 11 is 0. The lowest BCUT2D eigenvalue weighted by Gasteiger charge is -2.22. The summed E-state index contributed by atoms with van der Waals surface area (Å²) in [6.45, 7) is 6.67. The molecule has 0 radical (unpaired) electrons. The van der Waals surface area contributed by atoms with Crippen molar-refractivity contribution in [2.24, 2.45) is 0 Å². The van der Waals surface area contributed by atoms with Crippen LogP contribution >= 0.6 is 0 Å². The zero-order valence-electron chi connectivity index (χ0n) is 12.0. The van der Waals surface area contributed by atoms with Gasteiger partial charge in [-0.15, -0.1) is 0 Å². The zero-order chi connectivity index (χ0) is 14.2. The van der Waals surface area contributed by atoms with E-state index >= 15 is 0 Å². The molecule has 1 unspecified atom stereocenters. The van der Waals surface area contributed by atoms with Gasteiger partial charge in [-0.05, 0) is 12.5 Å². The minimum atomic E-state index is -0.110. The van der Waals surface area contributed by atoms with Crippen molar-refractivity contribution in [1.82, 2.24) is 14.7 Å². The van der Waals surface area contributed by atoms with Crippen LogP contribution in [0.15, 0.2) is 16.9 Å². The molecule has 5 nitrogen and oxygen atoms in total. The van der Waals surface area contributed by atoms with Crippen molar-refractivity contribution >= 4 is 5.91 Å². The Kier molecular flexibility index (Phi) is 3.47. The van der Waals surface area contributed by atoms with Gasteiger partial charge in [-0.1, -0.05) is 20.8 Å². The van der Waals surface area contributed by atoms with Gasteiger partial charge in [-0.3, -0.25) is 9.59 Å². The lowest BCUT2D eigenvalue weighted by molar-refractivity contribution is -0.127. The summed E-state index contributed by atoms with van der Waals surface area (Å²) in [7, 11) is 1.79. The third kappa shape index (κ3) is 2.85. The van der Waals surface area contributed by atoms with Crippen LogP contribution in [0.25, 0.3) is 0 Å². The van der Waals surface area contributed by atoms with Gasteiger partial charge in [0.1, 0.15) is 0 Å². The van der Waals surface area contributed by atoms with E-state index in [1.165, 1.54) is 4.68 Å². The molecule has 1 amide bonds. The van der Waals surface area contributed by atoms with E-state index in [1.54, 1.807) is 24.1 Å². The Morgan fingerprint density at radius 3 is 2.53 bits per heavy atom. The summed E-state index contributed by atoms with van der Waals surface area (Å²) < 4.78 is 1.49. The number of hydrogen-bond donors (Lipinski definition) is 0. The number of hydrogen-bond acceptors (Lipinski definition) is 3. The Hall–Kier alpha value is -1.65. The molecule has 1 aromatic heterocycles. The van der Waals surface area contributed by atoms with Crippen LogP contribution in [0.3, 0.4) is 0 Å². The second kappa shape index (κ2) is 4.79. The summed E-state index contributed by atoms with van der Waals surface area (Å²) in [4.78, 5) is 25.1. The van der Waals surface area contributed by atoms with E-state index < -0.39 is 0 Å². The Morgan fingerprint density at radius 2 is 2.00 bits per heavy atom. The fourth-order valence-corrected chi connectivity index (χ4v) is 2.26. The summed E-state index contributed by atoms with van der Waals surface area (Å²) in [5.41, 5.74) is 0.687. The Bertz CT molecular complexity index is 542. The van der Waals surface area contributed by atoms with Gasteiger partial charge < -0.3 is 4.90 Å². The highest BCUT2D eigenvalue weighted by Gasteiger charge is 2.28. The minimum absolute atomic E-state index is 0.0768. The first-order chi connectivity index (χ1) is 8.79. The van der Waals surface area contributed by atoms with E-state index in [4.69, 9.17) is 0 Å². The van der Waals surface area contributed by atoms with Crippen LogP contribution < -0.4 is 5.56 Å². The Labute approximate surface area is 113 Å². The molecule has 1 atom stereocenters. The number of likely N-dealkylation sites (tertiary alicyclic amines) is 1. The minimum Gasteiger partial charge on any atom is -0.341 e. The van der Waals surface area contributed by atoms with Crippen LogP contribution in [0.2, 0.25) is 0 Å². The number of rotatable bonds is 2. The molecule has 1 aliphatic rings. The molecule has 0 N–H and O–H groups in total. The molecular weight excluding hydrogens is 242 g/mol. The standard InChI is InChI=1S/C14H21N3O2/c1-14(2,3)11-6-8-13(19)17(15-11)9-10-5-7-12(18)16(10)4/h6,8,10H,5,7,9H2,1-4H3. The molecule has 1 saturated heterocycles. The molecular formula is C14H21N3O2. The molecule has 0 aromatic carbocycles. The zero-order valence-corrected chi connectivity index (χ0v) is 12.0. The normalized spacial score (nSPS) is 20.1. The predicted molar refractivity (Wildman–Crippen MR) is 73.0 cm³/mol. The van der Waals surface area contributed by atoms with Gasteiger partial charge in [0.15, 0.2) is 0 Å². The number of carbonyl (C=O) groups excluding carboxylic acids is 1. The van der Waals surface area contributed by atoms with Gasteiger partial charge in [0.2, 0.25) is 5.91 Å². The smallest absolute Gasteiger partial charge is 0.266 e. The van der Waals surface area contributed by atoms with Crippen molar-refractivity contribution in [3.8, 4) is 0 Å². The lowest BCUT2D eigenvalue weighted by Crippen LogP contribution is -2.37. The van der Waals surface area contributed by atoms with Gasteiger partial charge in [-0.2, -0.15) is 5.10 Å². The number of likely N-dealkylation sites (N-methyl/N-ethyl adjacent to an activating group) is 1. The lowest BCUT2D eigenvalue weighted by atomic mass is 9.92. The second-order valence-electron chi connectivity index (χ2n) is 6.19. The van der Waals surface area contributed by atoms with Crippen molar-refractivity contribution in [3.05, 3.63) is 28.2 Å². The first-order valence-corrected chi connectivity index (χ1v) is 6.63. The largest absolute Gasteiger partial charge is 0.341 e. The highest BCUT2D eigenvalue weighted by Crippen LogP contribution is 2.20. The molecule has 19 heavy (non-hydrogen) atoms. The molecule has 1 aliphatic heterocycles. The Morgan fingerprint density at radius 1 is 1.32 bits per heavy atom. The maximum absolute atomic E-state index is 11.9. The number of amides is 1. The van der Waals surface area contributed by atoms with Gasteiger partial charge >= 0.3 is 0 Å². The van der Waals surface area contributed by atoms with E-state index in [-0.39, 0.29) is 22.9 Å². The molecule has 0 aliphatic carbocycles. The highest BCUT2D eigenvalue weighted by molar-refractivity contribution is 5.78. The SMILES string of the molecule is CN1C(=O)CCC1Cn1nc(C(C)(C)C)ccc1=O. The average molecular weight is 263 g/mol.